The summed E-state index contributed by atoms with van der Waals surface area (Å²) in [5.41, 5.74) is 5.57. The molecule has 0 saturated heterocycles. The highest BCUT2D eigenvalue weighted by molar-refractivity contribution is 8.03. The number of hydrogen-bond acceptors (Lipinski definition) is 6. The van der Waals surface area contributed by atoms with Gasteiger partial charge in [0.15, 0.2) is 6.54 Å². The van der Waals surface area contributed by atoms with Crippen molar-refractivity contribution in [2.75, 3.05) is 24.3 Å². The molecule has 1 aliphatic heterocycles. The van der Waals surface area contributed by atoms with Crippen molar-refractivity contribution in [3.63, 3.8) is 0 Å². The second-order valence-electron chi connectivity index (χ2n) is 9.94. The predicted molar refractivity (Wildman–Crippen MR) is 177 cm³/mol. The Hall–Kier alpha value is -3.37. The Morgan fingerprint density at radius 3 is 2.52 bits per heavy atom. The van der Waals surface area contributed by atoms with E-state index in [0.717, 1.165) is 50.8 Å². The number of thiazole rings is 1. The molecule has 218 valence electrons. The summed E-state index contributed by atoms with van der Waals surface area (Å²) >= 11 is 3.45. The van der Waals surface area contributed by atoms with Crippen LogP contribution in [0.15, 0.2) is 88.3 Å². The smallest absolute Gasteiger partial charge is 0.265 e. The SMILES string of the molecule is CCC(=Cc1sc2ccc(C=Cc3ccccc3)cc2[n+]1CCCS(=O)(=O)O)C=C1Sc2ccc(OC)cc2N1CC. The van der Waals surface area contributed by atoms with Crippen LogP contribution >= 0.6 is 23.1 Å². The minimum Gasteiger partial charge on any atom is -0.497 e. The monoisotopic (exact) mass is 619 g/mol. The van der Waals surface area contributed by atoms with Gasteiger partial charge in [-0.1, -0.05) is 78.6 Å². The fourth-order valence-electron chi connectivity index (χ4n) is 4.93. The molecule has 1 aromatic heterocycles. The van der Waals surface area contributed by atoms with E-state index in [4.69, 9.17) is 4.74 Å². The highest BCUT2D eigenvalue weighted by atomic mass is 32.2. The van der Waals surface area contributed by atoms with Crippen LogP contribution in [-0.4, -0.2) is 32.4 Å². The van der Waals surface area contributed by atoms with Crippen LogP contribution in [0.2, 0.25) is 0 Å². The molecule has 0 bridgehead atoms. The topological polar surface area (TPSA) is 70.7 Å². The van der Waals surface area contributed by atoms with Gasteiger partial charge in [0.2, 0.25) is 5.52 Å². The number of thioether (sulfide) groups is 1. The van der Waals surface area contributed by atoms with Crippen molar-refractivity contribution in [3.05, 3.63) is 99.5 Å². The van der Waals surface area contributed by atoms with Crippen LogP contribution < -0.4 is 14.2 Å². The number of aryl methyl sites for hydroxylation is 1. The Morgan fingerprint density at radius 1 is 1.02 bits per heavy atom. The molecular weight excluding hydrogens is 585 g/mol. The van der Waals surface area contributed by atoms with Gasteiger partial charge in [-0.2, -0.15) is 13.0 Å². The minimum absolute atomic E-state index is 0.275. The second kappa shape index (κ2) is 13.3. The van der Waals surface area contributed by atoms with Crippen molar-refractivity contribution in [2.45, 2.75) is 38.1 Å². The van der Waals surface area contributed by atoms with Crippen LogP contribution in [0.1, 0.15) is 42.8 Å². The Kier molecular flexibility index (Phi) is 9.53. The zero-order chi connectivity index (χ0) is 29.7. The van der Waals surface area contributed by atoms with Gasteiger partial charge in [0.1, 0.15) is 10.4 Å². The van der Waals surface area contributed by atoms with Crippen LogP contribution in [0.5, 0.6) is 5.75 Å². The van der Waals surface area contributed by atoms with Gasteiger partial charge in [-0.3, -0.25) is 4.55 Å². The van der Waals surface area contributed by atoms with Gasteiger partial charge in [0, 0.05) is 36.1 Å². The van der Waals surface area contributed by atoms with Crippen molar-refractivity contribution >= 4 is 67.3 Å². The molecule has 0 atom stereocenters. The first-order valence-electron chi connectivity index (χ1n) is 14.0. The molecular formula is C33H35N2O4S3+. The van der Waals surface area contributed by atoms with Gasteiger partial charge in [0.25, 0.3) is 15.1 Å². The molecule has 4 aromatic rings. The summed E-state index contributed by atoms with van der Waals surface area (Å²) in [5.74, 6) is 0.567. The lowest BCUT2D eigenvalue weighted by molar-refractivity contribution is -0.668. The lowest BCUT2D eigenvalue weighted by Crippen LogP contribution is -2.36. The molecule has 1 aliphatic rings. The third kappa shape index (κ3) is 7.15. The maximum atomic E-state index is 11.5. The molecule has 0 fully saturated rings. The molecule has 2 heterocycles. The first-order valence-corrected chi connectivity index (χ1v) is 17.2. The van der Waals surface area contributed by atoms with Gasteiger partial charge in [-0.25, -0.2) is 0 Å². The highest BCUT2D eigenvalue weighted by Crippen LogP contribution is 2.47. The summed E-state index contributed by atoms with van der Waals surface area (Å²) in [6.45, 7) is 5.62. The number of ether oxygens (including phenoxy) is 1. The number of fused-ring (bicyclic) bond motifs is 2. The molecule has 42 heavy (non-hydrogen) atoms. The summed E-state index contributed by atoms with van der Waals surface area (Å²) in [6, 6.07) is 22.7. The molecule has 3 aromatic carbocycles. The molecule has 0 saturated carbocycles. The number of rotatable bonds is 11. The molecule has 5 rings (SSSR count). The molecule has 0 aliphatic carbocycles. The average Bonchev–Trinajstić information content (AvgIpc) is 3.51. The van der Waals surface area contributed by atoms with E-state index in [-0.39, 0.29) is 5.75 Å². The van der Waals surface area contributed by atoms with Crippen LogP contribution in [0.4, 0.5) is 5.69 Å². The number of hydrogen-bond donors (Lipinski definition) is 1. The molecule has 1 N–H and O–H groups in total. The highest BCUT2D eigenvalue weighted by Gasteiger charge is 2.25. The Morgan fingerprint density at radius 2 is 1.81 bits per heavy atom. The summed E-state index contributed by atoms with van der Waals surface area (Å²) < 4.78 is 41.1. The van der Waals surface area contributed by atoms with Crippen molar-refractivity contribution in [2.24, 2.45) is 0 Å². The number of anilines is 1. The van der Waals surface area contributed by atoms with Crippen molar-refractivity contribution in [1.82, 2.24) is 0 Å². The van der Waals surface area contributed by atoms with E-state index in [1.54, 1.807) is 30.2 Å². The van der Waals surface area contributed by atoms with Crippen molar-refractivity contribution in [3.8, 4) is 5.75 Å². The number of benzene rings is 3. The predicted octanol–water partition coefficient (Wildman–Crippen LogP) is 7.91. The van der Waals surface area contributed by atoms with Crippen LogP contribution in [0.3, 0.4) is 0 Å². The van der Waals surface area contributed by atoms with Crippen molar-refractivity contribution in [1.29, 1.82) is 0 Å². The Bertz CT molecular complexity index is 1770. The summed E-state index contributed by atoms with van der Waals surface area (Å²) in [6.07, 6.45) is 9.80. The van der Waals surface area contributed by atoms with Crippen LogP contribution in [-0.2, 0) is 16.7 Å². The number of nitrogens with zero attached hydrogens (tertiary/aromatic N) is 2. The fraction of sp³-hybridized carbons (Fsp3) is 0.242. The fourth-order valence-corrected chi connectivity index (χ4v) is 7.75. The van der Waals surface area contributed by atoms with Gasteiger partial charge in [-0.15, -0.1) is 0 Å². The van der Waals surface area contributed by atoms with E-state index < -0.39 is 10.1 Å². The third-order valence-corrected chi connectivity index (χ3v) is 10.1. The summed E-state index contributed by atoms with van der Waals surface area (Å²) in [4.78, 5) is 3.51. The van der Waals surface area contributed by atoms with Crippen LogP contribution in [0.25, 0.3) is 28.4 Å². The van der Waals surface area contributed by atoms with Gasteiger partial charge in [0.05, 0.1) is 23.6 Å². The number of aromatic nitrogens is 1. The molecule has 0 radical (unpaired) electrons. The average molecular weight is 620 g/mol. The molecule has 0 spiro atoms. The maximum Gasteiger partial charge on any atom is 0.265 e. The van der Waals surface area contributed by atoms with Gasteiger partial charge < -0.3 is 9.64 Å². The summed E-state index contributed by atoms with van der Waals surface area (Å²) in [5, 5.41) is 2.21. The number of allylic oxidation sites excluding steroid dienone is 2. The second-order valence-corrected chi connectivity index (χ2v) is 13.6. The zero-order valence-corrected chi connectivity index (χ0v) is 26.4. The first kappa shape index (κ1) is 30.1. The molecule has 6 nitrogen and oxygen atoms in total. The Balaban J connectivity index is 1.52. The quantitative estimate of drug-likeness (QED) is 0.105. The van der Waals surface area contributed by atoms with Gasteiger partial charge >= 0.3 is 0 Å². The minimum atomic E-state index is -4.04. The van der Waals surface area contributed by atoms with E-state index in [2.05, 4.69) is 90.1 Å². The molecule has 9 heteroatoms. The molecule has 0 amide bonds. The standard InChI is InChI=1S/C33H34N2O4S3/c1-4-24(21-32-34(5-2)29-23-27(39-3)15-17-31(29)40-32)22-33-35(18-9-19-42(36,37)38)28-20-26(14-16-30(28)41-33)13-12-25-10-7-6-8-11-25/h6-8,10-17,20-23H,4-5,9,18-19H2,1-3H3/p+1. The first-order chi connectivity index (χ1) is 20.3. The Labute approximate surface area is 256 Å². The van der Waals surface area contributed by atoms with E-state index in [9.17, 15) is 13.0 Å². The largest absolute Gasteiger partial charge is 0.497 e. The zero-order valence-electron chi connectivity index (χ0n) is 24.0. The normalized spacial score (nSPS) is 14.8. The lowest BCUT2D eigenvalue weighted by Gasteiger charge is -2.18. The van der Waals surface area contributed by atoms with E-state index in [1.807, 2.05) is 24.3 Å². The van der Waals surface area contributed by atoms with E-state index in [1.165, 1.54) is 15.5 Å². The number of methoxy groups -OCH3 is 1. The van der Waals surface area contributed by atoms with Crippen LogP contribution in [0, 0.1) is 0 Å². The molecule has 0 unspecified atom stereocenters. The third-order valence-electron chi connectivity index (χ3n) is 7.09. The van der Waals surface area contributed by atoms with Gasteiger partial charge in [-0.05, 0) is 54.3 Å². The summed E-state index contributed by atoms with van der Waals surface area (Å²) in [7, 11) is -2.35. The van der Waals surface area contributed by atoms with Crippen molar-refractivity contribution < 1.29 is 22.3 Å². The maximum absolute atomic E-state index is 11.5. The lowest BCUT2D eigenvalue weighted by atomic mass is 10.1. The van der Waals surface area contributed by atoms with E-state index >= 15 is 0 Å². The van der Waals surface area contributed by atoms with E-state index in [0.29, 0.717) is 13.0 Å².